The molecule has 0 spiro atoms. The van der Waals surface area contributed by atoms with Crippen molar-refractivity contribution < 1.29 is 0 Å². The van der Waals surface area contributed by atoms with E-state index in [0.29, 0.717) is 16.7 Å². The molecule has 8 atom stereocenters. The molecule has 0 nitrogen and oxygen atoms in total. The van der Waals surface area contributed by atoms with E-state index in [2.05, 4.69) is 71.9 Å². The van der Waals surface area contributed by atoms with E-state index in [1.807, 2.05) is 5.57 Å². The Morgan fingerprint density at radius 2 is 1.64 bits per heavy atom. The first-order chi connectivity index (χ1) is 13.3. The van der Waals surface area contributed by atoms with Crippen LogP contribution >= 0.6 is 0 Å². The van der Waals surface area contributed by atoms with Gasteiger partial charge in [0.1, 0.15) is 0 Å². The van der Waals surface area contributed by atoms with Crippen molar-refractivity contribution in [2.24, 2.45) is 52.3 Å². The first-order valence-electron chi connectivity index (χ1n) is 12.3. The quantitative estimate of drug-likeness (QED) is 0.431. The summed E-state index contributed by atoms with van der Waals surface area (Å²) in [4.78, 5) is 0. The molecule has 28 heavy (non-hydrogen) atoms. The second-order valence-corrected chi connectivity index (χ2v) is 11.7. The Morgan fingerprint density at radius 1 is 0.893 bits per heavy atom. The molecule has 0 heteroatoms. The van der Waals surface area contributed by atoms with Crippen LogP contribution in [0.15, 0.2) is 36.0 Å². The molecule has 0 saturated heterocycles. The standard InChI is InChI=1S/C28H44/c1-19(2)20(3)10-11-21(4)24-14-15-25-23-13-12-22-9-7-8-17-27(22,5)26(23)16-18-28(24,25)6/h7-8,10-11,13,19-22,24-26H,9,12,14-18H2,1-6H3/b11-10+/t20-,21+,22+,24-,25+,26-,27+,28+/m0/s1. The van der Waals surface area contributed by atoms with Crippen molar-refractivity contribution in [2.45, 2.75) is 86.5 Å². The highest BCUT2D eigenvalue weighted by Gasteiger charge is 2.57. The Bertz CT molecular complexity index is 664. The SMILES string of the molecule is CC(C)[C@@H](C)/C=C/[C@@H](C)[C@@H]1CC[C@@H]2C3=CC[C@H]4CC=CC[C@@]4(C)[C@H]3CC[C@@]21C. The molecule has 0 bridgehead atoms. The highest BCUT2D eigenvalue weighted by molar-refractivity contribution is 5.29. The molecular formula is C28H44. The monoisotopic (exact) mass is 380 g/mol. The van der Waals surface area contributed by atoms with E-state index in [-0.39, 0.29) is 0 Å². The molecular weight excluding hydrogens is 336 g/mol. The second-order valence-electron chi connectivity index (χ2n) is 11.7. The summed E-state index contributed by atoms with van der Waals surface area (Å²) in [6, 6.07) is 0. The summed E-state index contributed by atoms with van der Waals surface area (Å²) in [6.07, 6.45) is 22.5. The third kappa shape index (κ3) is 3.18. The zero-order chi connectivity index (χ0) is 20.1. The Hall–Kier alpha value is -0.780. The van der Waals surface area contributed by atoms with Crippen LogP contribution < -0.4 is 0 Å². The van der Waals surface area contributed by atoms with Gasteiger partial charge in [0.2, 0.25) is 0 Å². The zero-order valence-corrected chi connectivity index (χ0v) is 19.4. The Labute approximate surface area is 175 Å². The minimum atomic E-state index is 0.529. The molecule has 4 rings (SSSR count). The molecule has 0 unspecified atom stereocenters. The van der Waals surface area contributed by atoms with Crippen molar-refractivity contribution in [1.29, 1.82) is 0 Å². The molecule has 2 fully saturated rings. The van der Waals surface area contributed by atoms with Crippen LogP contribution in [0.4, 0.5) is 0 Å². The van der Waals surface area contributed by atoms with Crippen LogP contribution in [0.2, 0.25) is 0 Å². The highest BCUT2D eigenvalue weighted by atomic mass is 14.6. The van der Waals surface area contributed by atoms with Crippen LogP contribution in [0.25, 0.3) is 0 Å². The maximum Gasteiger partial charge on any atom is -0.0140 e. The lowest BCUT2D eigenvalue weighted by molar-refractivity contribution is 0.0172. The molecule has 0 aromatic carbocycles. The minimum absolute atomic E-state index is 0.529. The Kier molecular flexibility index (Phi) is 5.47. The van der Waals surface area contributed by atoms with Gasteiger partial charge in [-0.3, -0.25) is 0 Å². The van der Waals surface area contributed by atoms with E-state index >= 15 is 0 Å². The van der Waals surface area contributed by atoms with Gasteiger partial charge in [0.15, 0.2) is 0 Å². The number of hydrogen-bond donors (Lipinski definition) is 0. The van der Waals surface area contributed by atoms with Gasteiger partial charge in [0.25, 0.3) is 0 Å². The highest BCUT2D eigenvalue weighted by Crippen LogP contribution is 2.66. The predicted octanol–water partition coefficient (Wildman–Crippen LogP) is 8.22. The first kappa shape index (κ1) is 20.5. The summed E-state index contributed by atoms with van der Waals surface area (Å²) >= 11 is 0. The smallest absolute Gasteiger partial charge is 0.0140 e. The van der Waals surface area contributed by atoms with E-state index in [1.54, 1.807) is 0 Å². The number of allylic oxidation sites excluding steroid dienone is 6. The molecule has 2 saturated carbocycles. The van der Waals surface area contributed by atoms with Gasteiger partial charge in [-0.05, 0) is 97.2 Å². The second kappa shape index (κ2) is 7.48. The van der Waals surface area contributed by atoms with Crippen LogP contribution in [-0.2, 0) is 0 Å². The maximum absolute atomic E-state index is 2.74. The zero-order valence-electron chi connectivity index (χ0n) is 19.4. The van der Waals surface area contributed by atoms with Gasteiger partial charge in [-0.1, -0.05) is 77.5 Å². The fraction of sp³-hybridized carbons (Fsp3) is 0.786. The lowest BCUT2D eigenvalue weighted by Gasteiger charge is -2.56. The van der Waals surface area contributed by atoms with Crippen molar-refractivity contribution in [3.63, 3.8) is 0 Å². The molecule has 4 aliphatic rings. The molecule has 0 amide bonds. The van der Waals surface area contributed by atoms with Gasteiger partial charge in [0.05, 0.1) is 0 Å². The molecule has 0 aromatic rings. The topological polar surface area (TPSA) is 0 Å². The number of rotatable bonds is 4. The molecule has 0 heterocycles. The minimum Gasteiger partial charge on any atom is -0.0882 e. The normalized spacial score (nSPS) is 44.8. The molecule has 156 valence electrons. The van der Waals surface area contributed by atoms with Crippen molar-refractivity contribution in [3.05, 3.63) is 36.0 Å². The van der Waals surface area contributed by atoms with Crippen LogP contribution in [0.1, 0.15) is 86.5 Å². The summed E-state index contributed by atoms with van der Waals surface area (Å²) in [5.41, 5.74) is 2.97. The van der Waals surface area contributed by atoms with E-state index in [0.717, 1.165) is 35.5 Å². The number of fused-ring (bicyclic) bond motifs is 5. The van der Waals surface area contributed by atoms with Crippen LogP contribution in [0.3, 0.4) is 0 Å². The summed E-state index contributed by atoms with van der Waals surface area (Å²) in [5, 5.41) is 0. The fourth-order valence-electron chi connectivity index (χ4n) is 7.71. The van der Waals surface area contributed by atoms with Gasteiger partial charge in [-0.25, -0.2) is 0 Å². The maximum atomic E-state index is 2.74. The molecule has 4 aliphatic carbocycles. The average Bonchev–Trinajstić information content (AvgIpc) is 3.02. The molecule has 0 aliphatic heterocycles. The first-order valence-corrected chi connectivity index (χ1v) is 12.3. The third-order valence-electron chi connectivity index (χ3n) is 10.1. The molecule has 0 aromatic heterocycles. The third-order valence-corrected chi connectivity index (χ3v) is 10.1. The van der Waals surface area contributed by atoms with E-state index in [4.69, 9.17) is 0 Å². The van der Waals surface area contributed by atoms with Crippen LogP contribution in [-0.4, -0.2) is 0 Å². The van der Waals surface area contributed by atoms with Crippen LogP contribution in [0, 0.1) is 52.3 Å². The summed E-state index contributed by atoms with van der Waals surface area (Å²) in [5.74, 6) is 5.65. The Balaban J connectivity index is 1.55. The lowest BCUT2D eigenvalue weighted by atomic mass is 9.48. The van der Waals surface area contributed by atoms with Crippen molar-refractivity contribution >= 4 is 0 Å². The van der Waals surface area contributed by atoms with Crippen molar-refractivity contribution in [1.82, 2.24) is 0 Å². The van der Waals surface area contributed by atoms with Gasteiger partial charge < -0.3 is 0 Å². The average molecular weight is 381 g/mol. The lowest BCUT2D eigenvalue weighted by Crippen LogP contribution is -2.47. The Morgan fingerprint density at radius 3 is 2.39 bits per heavy atom. The number of hydrogen-bond acceptors (Lipinski definition) is 0. The van der Waals surface area contributed by atoms with E-state index in [9.17, 15) is 0 Å². The van der Waals surface area contributed by atoms with Gasteiger partial charge >= 0.3 is 0 Å². The fourth-order valence-corrected chi connectivity index (χ4v) is 7.71. The predicted molar refractivity (Wildman–Crippen MR) is 122 cm³/mol. The summed E-state index contributed by atoms with van der Waals surface area (Å²) < 4.78 is 0. The van der Waals surface area contributed by atoms with Gasteiger partial charge in [-0.15, -0.1) is 0 Å². The largest absolute Gasteiger partial charge is 0.0882 e. The van der Waals surface area contributed by atoms with Crippen LogP contribution in [0.5, 0.6) is 0 Å². The summed E-state index contributed by atoms with van der Waals surface area (Å²) in [6.45, 7) is 14.9. The van der Waals surface area contributed by atoms with E-state index < -0.39 is 0 Å². The van der Waals surface area contributed by atoms with Crippen molar-refractivity contribution in [3.8, 4) is 0 Å². The summed E-state index contributed by atoms with van der Waals surface area (Å²) in [7, 11) is 0. The van der Waals surface area contributed by atoms with Gasteiger partial charge in [-0.2, -0.15) is 0 Å². The van der Waals surface area contributed by atoms with Crippen molar-refractivity contribution in [2.75, 3.05) is 0 Å². The molecule has 0 N–H and O–H groups in total. The van der Waals surface area contributed by atoms with E-state index in [1.165, 1.54) is 44.9 Å². The van der Waals surface area contributed by atoms with Gasteiger partial charge in [0, 0.05) is 0 Å². The molecule has 0 radical (unpaired) electrons.